The van der Waals surface area contributed by atoms with Gasteiger partial charge < -0.3 is 0 Å². The predicted molar refractivity (Wildman–Crippen MR) is 84.8 cm³/mol. The van der Waals surface area contributed by atoms with E-state index in [1.54, 1.807) is 11.3 Å². The van der Waals surface area contributed by atoms with Crippen molar-refractivity contribution >= 4 is 22.3 Å². The van der Waals surface area contributed by atoms with Crippen LogP contribution < -0.4 is 4.72 Å². The van der Waals surface area contributed by atoms with Crippen LogP contribution in [-0.4, -0.2) is 8.96 Å². The molecule has 0 amide bonds. The molecule has 20 heavy (non-hydrogen) atoms. The van der Waals surface area contributed by atoms with E-state index in [1.807, 2.05) is 32.2 Å². The summed E-state index contributed by atoms with van der Waals surface area (Å²) in [6.45, 7) is 5.95. The second kappa shape index (κ2) is 6.38. The van der Waals surface area contributed by atoms with Crippen LogP contribution in [0.4, 0.5) is 0 Å². The van der Waals surface area contributed by atoms with Gasteiger partial charge in [0.1, 0.15) is 6.07 Å². The van der Waals surface area contributed by atoms with Crippen molar-refractivity contribution < 1.29 is 4.21 Å². The van der Waals surface area contributed by atoms with Crippen molar-refractivity contribution in [1.82, 2.24) is 4.72 Å². The number of nitriles is 1. The summed E-state index contributed by atoms with van der Waals surface area (Å²) in [5, 5.41) is 10.9. The Kier molecular flexibility index (Phi) is 5.00. The molecule has 3 nitrogen and oxygen atoms in total. The molecule has 5 heteroatoms. The summed E-state index contributed by atoms with van der Waals surface area (Å²) >= 11 is 1.60. The number of rotatable bonds is 4. The molecule has 0 saturated heterocycles. The molecule has 1 fully saturated rings. The van der Waals surface area contributed by atoms with Gasteiger partial charge in [0.15, 0.2) is 0 Å². The summed E-state index contributed by atoms with van der Waals surface area (Å²) < 4.78 is 15.5. The van der Waals surface area contributed by atoms with Gasteiger partial charge in [0.05, 0.1) is 27.3 Å². The van der Waals surface area contributed by atoms with Crippen LogP contribution in [0.1, 0.15) is 62.9 Å². The molecule has 0 aromatic carbocycles. The fraction of sp³-hybridized carbons (Fsp3) is 0.667. The number of hydrogen-bond donors (Lipinski definition) is 1. The van der Waals surface area contributed by atoms with Gasteiger partial charge in [-0.2, -0.15) is 5.26 Å². The molecule has 110 valence electrons. The maximum Gasteiger partial charge on any atom is 0.100 e. The first-order valence-corrected chi connectivity index (χ1v) is 9.11. The van der Waals surface area contributed by atoms with Gasteiger partial charge >= 0.3 is 0 Å². The highest BCUT2D eigenvalue weighted by Crippen LogP contribution is 2.38. The Labute approximate surface area is 128 Å². The largest absolute Gasteiger partial charge is 0.242 e. The second-order valence-corrected chi connectivity index (χ2v) is 9.31. The molecule has 0 radical (unpaired) electrons. The normalized spacial score (nSPS) is 19.7. The summed E-state index contributed by atoms with van der Waals surface area (Å²) in [7, 11) is -1.08. The Morgan fingerprint density at radius 2 is 2.10 bits per heavy atom. The molecule has 0 spiro atoms. The van der Waals surface area contributed by atoms with Gasteiger partial charge in [-0.15, -0.1) is 11.3 Å². The summed E-state index contributed by atoms with van der Waals surface area (Å²) in [4.78, 5) is 1.14. The molecule has 2 atom stereocenters. The van der Waals surface area contributed by atoms with E-state index in [-0.39, 0.29) is 10.8 Å². The number of nitrogens with zero attached hydrogens (tertiary/aromatic N) is 1. The maximum absolute atomic E-state index is 12.4. The molecule has 1 aliphatic rings. The first-order chi connectivity index (χ1) is 9.41. The molecule has 0 unspecified atom stereocenters. The van der Waals surface area contributed by atoms with Crippen molar-refractivity contribution in [1.29, 1.82) is 5.26 Å². The van der Waals surface area contributed by atoms with Gasteiger partial charge in [-0.05, 0) is 45.6 Å². The zero-order chi connectivity index (χ0) is 14.8. The maximum atomic E-state index is 12.4. The van der Waals surface area contributed by atoms with Crippen LogP contribution in [0, 0.1) is 17.2 Å². The van der Waals surface area contributed by atoms with Crippen molar-refractivity contribution in [2.24, 2.45) is 5.92 Å². The van der Waals surface area contributed by atoms with Crippen molar-refractivity contribution in [2.45, 2.75) is 57.2 Å². The average molecular weight is 310 g/mol. The van der Waals surface area contributed by atoms with Gasteiger partial charge in [-0.3, -0.25) is 0 Å². The number of thiophene rings is 1. The molecule has 1 heterocycles. The lowest BCUT2D eigenvalue weighted by Gasteiger charge is -2.27. The quantitative estimate of drug-likeness (QED) is 0.917. The van der Waals surface area contributed by atoms with Gasteiger partial charge in [0.25, 0.3) is 0 Å². The van der Waals surface area contributed by atoms with Gasteiger partial charge in [0.2, 0.25) is 0 Å². The molecule has 1 aromatic heterocycles. The average Bonchev–Trinajstić information content (AvgIpc) is 3.05. The van der Waals surface area contributed by atoms with Gasteiger partial charge in [-0.25, -0.2) is 8.93 Å². The summed E-state index contributed by atoms with van der Waals surface area (Å²) in [6, 6.07) is 4.24. The van der Waals surface area contributed by atoms with Gasteiger partial charge in [-0.1, -0.05) is 12.8 Å². The third-order valence-electron chi connectivity index (χ3n) is 3.72. The highest BCUT2D eigenvalue weighted by molar-refractivity contribution is 7.84. The van der Waals surface area contributed by atoms with E-state index in [9.17, 15) is 4.21 Å². The Morgan fingerprint density at radius 1 is 1.45 bits per heavy atom. The molecule has 1 aromatic rings. The molecule has 1 saturated carbocycles. The van der Waals surface area contributed by atoms with Crippen molar-refractivity contribution in [3.05, 3.63) is 21.9 Å². The Bertz CT molecular complexity index is 519. The lowest BCUT2D eigenvalue weighted by atomic mass is 9.97. The minimum absolute atomic E-state index is 0.115. The van der Waals surface area contributed by atoms with E-state index in [1.165, 1.54) is 25.7 Å². The Hall–Kier alpha value is -0.700. The molecule has 1 aliphatic carbocycles. The van der Waals surface area contributed by atoms with Crippen LogP contribution >= 0.6 is 11.3 Å². The van der Waals surface area contributed by atoms with E-state index in [2.05, 4.69) is 10.8 Å². The Balaban J connectivity index is 2.21. The summed E-state index contributed by atoms with van der Waals surface area (Å²) in [5.74, 6) is 0.534. The first-order valence-electron chi connectivity index (χ1n) is 7.08. The highest BCUT2D eigenvalue weighted by atomic mass is 32.2. The third kappa shape index (κ3) is 3.69. The lowest BCUT2D eigenvalue weighted by molar-refractivity contribution is 0.421. The van der Waals surface area contributed by atoms with Crippen molar-refractivity contribution in [2.75, 3.05) is 0 Å². The van der Waals surface area contributed by atoms with E-state index in [0.717, 1.165) is 4.88 Å². The SMILES string of the molecule is CC(C)(C)[S@](=O)N[C@H](c1cc(C#N)cs1)C1CCCC1. The molecule has 2 rings (SSSR count). The van der Waals surface area contributed by atoms with Crippen LogP contribution in [0.15, 0.2) is 11.4 Å². The topological polar surface area (TPSA) is 52.9 Å². The minimum atomic E-state index is -1.08. The molecular weight excluding hydrogens is 288 g/mol. The van der Waals surface area contributed by atoms with Gasteiger partial charge in [0, 0.05) is 10.3 Å². The summed E-state index contributed by atoms with van der Waals surface area (Å²) in [6.07, 6.45) is 4.86. The summed E-state index contributed by atoms with van der Waals surface area (Å²) in [5.41, 5.74) is 0.705. The van der Waals surface area contributed by atoms with E-state index < -0.39 is 11.0 Å². The number of nitrogens with one attached hydrogen (secondary N) is 1. The van der Waals surface area contributed by atoms with Crippen molar-refractivity contribution in [3.8, 4) is 6.07 Å². The molecule has 0 bridgehead atoms. The van der Waals surface area contributed by atoms with Crippen LogP contribution in [0.2, 0.25) is 0 Å². The highest BCUT2D eigenvalue weighted by Gasteiger charge is 2.31. The Morgan fingerprint density at radius 3 is 2.60 bits per heavy atom. The second-order valence-electron chi connectivity index (χ2n) is 6.37. The molecule has 0 aliphatic heterocycles. The van der Waals surface area contributed by atoms with E-state index >= 15 is 0 Å². The molecule has 1 N–H and O–H groups in total. The first kappa shape index (κ1) is 15.7. The van der Waals surface area contributed by atoms with Crippen LogP contribution in [0.25, 0.3) is 0 Å². The fourth-order valence-corrected chi connectivity index (χ4v) is 4.50. The van der Waals surface area contributed by atoms with E-state index in [0.29, 0.717) is 11.5 Å². The smallest absolute Gasteiger partial charge is 0.100 e. The number of hydrogen-bond acceptors (Lipinski definition) is 3. The fourth-order valence-electron chi connectivity index (χ4n) is 2.54. The molecular formula is C15H22N2OS2. The lowest BCUT2D eigenvalue weighted by Crippen LogP contribution is -2.37. The standard InChI is InChI=1S/C15H22N2OS2/c1-15(2,3)20(18)17-14(12-6-4-5-7-12)13-8-11(9-16)10-19-13/h8,10,12,14,17H,4-7H2,1-3H3/t14-,20-/m0/s1. The minimum Gasteiger partial charge on any atom is -0.242 e. The zero-order valence-corrected chi connectivity index (χ0v) is 13.9. The van der Waals surface area contributed by atoms with Crippen LogP contribution in [0.5, 0.6) is 0 Å². The van der Waals surface area contributed by atoms with Crippen LogP contribution in [-0.2, 0) is 11.0 Å². The van der Waals surface area contributed by atoms with Crippen LogP contribution in [0.3, 0.4) is 0 Å². The van der Waals surface area contributed by atoms with E-state index in [4.69, 9.17) is 5.26 Å². The monoisotopic (exact) mass is 310 g/mol. The predicted octanol–water partition coefficient (Wildman–Crippen LogP) is 3.90. The van der Waals surface area contributed by atoms with Crippen molar-refractivity contribution in [3.63, 3.8) is 0 Å². The third-order valence-corrected chi connectivity index (χ3v) is 6.31. The zero-order valence-electron chi connectivity index (χ0n) is 12.3.